The summed E-state index contributed by atoms with van der Waals surface area (Å²) < 4.78 is 0. The molecule has 0 aliphatic rings. The van der Waals surface area contributed by atoms with Crippen LogP contribution < -0.4 is 0 Å². The molecule has 0 amide bonds. The zero-order valence-electron chi connectivity index (χ0n) is 16.9. The SMILES string of the molecule is CCc1cc(CC)cc(-c2cc(C(C)(C)C)cc(C(C)(C)C)c2)c1. The van der Waals surface area contributed by atoms with Crippen molar-refractivity contribution in [1.29, 1.82) is 0 Å². The Bertz CT molecular complexity index is 651. The van der Waals surface area contributed by atoms with Gasteiger partial charge in [0.1, 0.15) is 0 Å². The standard InChI is InChI=1S/C24H34/c1-9-17-11-18(10-2)13-19(12-17)20-14-21(23(3,4)5)16-22(15-20)24(6,7)8/h11-16H,9-10H2,1-8H3. The van der Waals surface area contributed by atoms with Crippen LogP contribution in [0, 0.1) is 0 Å². The van der Waals surface area contributed by atoms with E-state index in [4.69, 9.17) is 0 Å². The van der Waals surface area contributed by atoms with Crippen LogP contribution in [0.4, 0.5) is 0 Å². The highest BCUT2D eigenvalue weighted by atomic mass is 14.3. The van der Waals surface area contributed by atoms with Crippen LogP contribution in [0.3, 0.4) is 0 Å². The molecule has 24 heavy (non-hydrogen) atoms. The Morgan fingerprint density at radius 2 is 0.917 bits per heavy atom. The first-order valence-electron chi connectivity index (χ1n) is 9.34. The van der Waals surface area contributed by atoms with E-state index in [0.29, 0.717) is 0 Å². The Kier molecular flexibility index (Phi) is 5.28. The molecule has 0 fully saturated rings. The molecule has 0 aromatic heterocycles. The number of aryl methyl sites for hydroxylation is 2. The van der Waals surface area contributed by atoms with E-state index in [0.717, 1.165) is 12.8 Å². The average molecular weight is 323 g/mol. The molecule has 0 radical (unpaired) electrons. The van der Waals surface area contributed by atoms with E-state index in [2.05, 4.69) is 91.8 Å². The predicted octanol–water partition coefficient (Wildman–Crippen LogP) is 7.07. The fourth-order valence-corrected chi connectivity index (χ4v) is 3.00. The lowest BCUT2D eigenvalue weighted by atomic mass is 9.78. The number of hydrogen-bond acceptors (Lipinski definition) is 0. The van der Waals surface area contributed by atoms with Gasteiger partial charge in [-0.15, -0.1) is 0 Å². The highest BCUT2D eigenvalue weighted by Crippen LogP contribution is 2.34. The number of rotatable bonds is 3. The first kappa shape index (κ1) is 18.8. The molecule has 2 aromatic carbocycles. The third-order valence-electron chi connectivity index (χ3n) is 4.87. The minimum Gasteiger partial charge on any atom is -0.0613 e. The fourth-order valence-electron chi connectivity index (χ4n) is 3.00. The van der Waals surface area contributed by atoms with Crippen molar-refractivity contribution in [3.8, 4) is 11.1 Å². The van der Waals surface area contributed by atoms with Gasteiger partial charge in [-0.2, -0.15) is 0 Å². The van der Waals surface area contributed by atoms with E-state index >= 15 is 0 Å². The van der Waals surface area contributed by atoms with Gasteiger partial charge in [0, 0.05) is 0 Å². The molecule has 130 valence electrons. The van der Waals surface area contributed by atoms with Crippen molar-refractivity contribution in [2.45, 2.75) is 79.1 Å². The van der Waals surface area contributed by atoms with Gasteiger partial charge in [-0.1, -0.05) is 91.8 Å². The Hall–Kier alpha value is -1.56. The maximum absolute atomic E-state index is 2.40. The molecule has 0 nitrogen and oxygen atoms in total. The van der Waals surface area contributed by atoms with Crippen molar-refractivity contribution in [3.05, 3.63) is 58.7 Å². The van der Waals surface area contributed by atoms with Crippen molar-refractivity contribution < 1.29 is 0 Å². The van der Waals surface area contributed by atoms with Crippen LogP contribution in [-0.2, 0) is 23.7 Å². The summed E-state index contributed by atoms with van der Waals surface area (Å²) in [6, 6.07) is 14.3. The lowest BCUT2D eigenvalue weighted by Crippen LogP contribution is -2.16. The Labute approximate surface area is 149 Å². The summed E-state index contributed by atoms with van der Waals surface area (Å²) in [6.07, 6.45) is 2.18. The maximum atomic E-state index is 2.40. The molecule has 0 N–H and O–H groups in total. The molecule has 2 aromatic rings. The van der Waals surface area contributed by atoms with Crippen LogP contribution >= 0.6 is 0 Å². The van der Waals surface area contributed by atoms with Gasteiger partial charge in [0.25, 0.3) is 0 Å². The normalized spacial score (nSPS) is 12.5. The maximum Gasteiger partial charge on any atom is -0.0132 e. The minimum atomic E-state index is 0.159. The predicted molar refractivity (Wildman–Crippen MR) is 108 cm³/mol. The molecule has 0 atom stereocenters. The van der Waals surface area contributed by atoms with Crippen molar-refractivity contribution >= 4 is 0 Å². The van der Waals surface area contributed by atoms with Crippen LogP contribution in [0.15, 0.2) is 36.4 Å². The second-order valence-corrected chi connectivity index (χ2v) is 9.04. The smallest absolute Gasteiger partial charge is 0.0132 e. The summed E-state index contributed by atoms with van der Waals surface area (Å²) in [5.41, 5.74) is 8.75. The van der Waals surface area contributed by atoms with Crippen LogP contribution in [0.5, 0.6) is 0 Å². The summed E-state index contributed by atoms with van der Waals surface area (Å²) in [7, 11) is 0. The summed E-state index contributed by atoms with van der Waals surface area (Å²) >= 11 is 0. The zero-order valence-corrected chi connectivity index (χ0v) is 16.9. The van der Waals surface area contributed by atoms with Crippen molar-refractivity contribution in [1.82, 2.24) is 0 Å². The third kappa shape index (κ3) is 4.29. The summed E-state index contributed by atoms with van der Waals surface area (Å²) in [6.45, 7) is 18.3. The fraction of sp³-hybridized carbons (Fsp3) is 0.500. The van der Waals surface area contributed by atoms with E-state index in [-0.39, 0.29) is 10.8 Å². The monoisotopic (exact) mass is 322 g/mol. The van der Waals surface area contributed by atoms with Gasteiger partial charge in [-0.25, -0.2) is 0 Å². The van der Waals surface area contributed by atoms with E-state index in [1.165, 1.54) is 33.4 Å². The molecule has 0 heterocycles. The molecule has 2 rings (SSSR count). The van der Waals surface area contributed by atoms with Gasteiger partial charge in [0.05, 0.1) is 0 Å². The van der Waals surface area contributed by atoms with Crippen LogP contribution in [0.2, 0.25) is 0 Å². The molecule has 0 bridgehead atoms. The number of hydrogen-bond donors (Lipinski definition) is 0. The summed E-state index contributed by atoms with van der Waals surface area (Å²) in [5, 5.41) is 0. The number of benzene rings is 2. The van der Waals surface area contributed by atoms with E-state index in [1.54, 1.807) is 0 Å². The van der Waals surface area contributed by atoms with Gasteiger partial charge in [-0.05, 0) is 57.1 Å². The molecule has 0 saturated carbocycles. The molecule has 0 saturated heterocycles. The van der Waals surface area contributed by atoms with Crippen molar-refractivity contribution in [3.63, 3.8) is 0 Å². The van der Waals surface area contributed by atoms with Crippen LogP contribution in [-0.4, -0.2) is 0 Å². The molecular weight excluding hydrogens is 288 g/mol. The lowest BCUT2D eigenvalue weighted by molar-refractivity contribution is 0.569. The van der Waals surface area contributed by atoms with E-state index < -0.39 is 0 Å². The van der Waals surface area contributed by atoms with Crippen LogP contribution in [0.25, 0.3) is 11.1 Å². The Morgan fingerprint density at radius 3 is 1.25 bits per heavy atom. The summed E-state index contributed by atoms with van der Waals surface area (Å²) in [4.78, 5) is 0. The van der Waals surface area contributed by atoms with Crippen LogP contribution in [0.1, 0.15) is 77.6 Å². The Balaban J connectivity index is 2.70. The van der Waals surface area contributed by atoms with E-state index in [9.17, 15) is 0 Å². The minimum absolute atomic E-state index is 0.159. The van der Waals surface area contributed by atoms with Gasteiger partial charge in [0.2, 0.25) is 0 Å². The highest BCUT2D eigenvalue weighted by molar-refractivity contribution is 5.68. The largest absolute Gasteiger partial charge is 0.0613 e. The topological polar surface area (TPSA) is 0 Å². The zero-order chi connectivity index (χ0) is 18.1. The third-order valence-corrected chi connectivity index (χ3v) is 4.87. The first-order chi connectivity index (χ1) is 11.0. The van der Waals surface area contributed by atoms with Crippen molar-refractivity contribution in [2.75, 3.05) is 0 Å². The molecule has 0 aliphatic carbocycles. The van der Waals surface area contributed by atoms with Gasteiger partial charge < -0.3 is 0 Å². The lowest BCUT2D eigenvalue weighted by Gasteiger charge is -2.26. The second kappa shape index (κ2) is 6.75. The highest BCUT2D eigenvalue weighted by Gasteiger charge is 2.21. The quantitative estimate of drug-likeness (QED) is 0.566. The van der Waals surface area contributed by atoms with Gasteiger partial charge in [0.15, 0.2) is 0 Å². The molecule has 0 unspecified atom stereocenters. The first-order valence-corrected chi connectivity index (χ1v) is 9.34. The van der Waals surface area contributed by atoms with Gasteiger partial charge in [-0.3, -0.25) is 0 Å². The molecular formula is C24H34. The molecule has 0 spiro atoms. The molecule has 0 aliphatic heterocycles. The van der Waals surface area contributed by atoms with Crippen molar-refractivity contribution in [2.24, 2.45) is 0 Å². The second-order valence-electron chi connectivity index (χ2n) is 9.04. The average Bonchev–Trinajstić information content (AvgIpc) is 2.52. The Morgan fingerprint density at radius 1 is 0.542 bits per heavy atom. The summed E-state index contributed by atoms with van der Waals surface area (Å²) in [5.74, 6) is 0. The van der Waals surface area contributed by atoms with Gasteiger partial charge >= 0.3 is 0 Å². The molecule has 0 heteroatoms. The van der Waals surface area contributed by atoms with E-state index in [1.807, 2.05) is 0 Å².